The van der Waals surface area contributed by atoms with E-state index in [9.17, 15) is 9.18 Å². The van der Waals surface area contributed by atoms with Gasteiger partial charge in [0.05, 0.1) is 24.0 Å². The van der Waals surface area contributed by atoms with Gasteiger partial charge in [-0.2, -0.15) is 5.10 Å². The highest BCUT2D eigenvalue weighted by molar-refractivity contribution is 7.09. The second-order valence-electron chi connectivity index (χ2n) is 4.37. The van der Waals surface area contributed by atoms with Gasteiger partial charge in [-0.3, -0.25) is 4.68 Å². The number of aromatic nitrogens is 3. The average Bonchev–Trinajstić information content (AvgIpc) is 3.08. The van der Waals surface area contributed by atoms with Crippen LogP contribution in [0, 0.1) is 5.82 Å². The molecule has 1 aromatic carbocycles. The Morgan fingerprint density at radius 2 is 2.29 bits per heavy atom. The van der Waals surface area contributed by atoms with E-state index in [1.807, 2.05) is 5.38 Å². The number of aromatic carboxylic acids is 1. The van der Waals surface area contributed by atoms with Crippen LogP contribution in [-0.4, -0.2) is 25.8 Å². The fraction of sp³-hybridized carbons (Fsp3) is 0.0714. The first kappa shape index (κ1) is 13.4. The molecule has 0 amide bonds. The molecule has 0 bridgehead atoms. The highest BCUT2D eigenvalue weighted by Crippen LogP contribution is 2.23. The Balaban J connectivity index is 1.80. The first-order valence-corrected chi connectivity index (χ1v) is 6.96. The predicted molar refractivity (Wildman–Crippen MR) is 75.8 cm³/mol. The number of carbonyl (C=O) groups is 1. The number of thiazole rings is 1. The SMILES string of the molecule is O=C(O)c1cnn(Cc2nc(-c3cccc(F)c3)cs2)c1. The summed E-state index contributed by atoms with van der Waals surface area (Å²) in [7, 11) is 0. The molecular formula is C14H10FN3O2S. The van der Waals surface area contributed by atoms with Crippen molar-refractivity contribution in [2.24, 2.45) is 0 Å². The van der Waals surface area contributed by atoms with Crippen LogP contribution in [0.5, 0.6) is 0 Å². The van der Waals surface area contributed by atoms with Crippen LogP contribution in [0.1, 0.15) is 15.4 Å². The Labute approximate surface area is 123 Å². The summed E-state index contributed by atoms with van der Waals surface area (Å²) in [5.41, 5.74) is 1.54. The number of carboxylic acids is 1. The topological polar surface area (TPSA) is 68.0 Å². The van der Waals surface area contributed by atoms with Crippen molar-refractivity contribution >= 4 is 17.3 Å². The van der Waals surface area contributed by atoms with Crippen LogP contribution in [0.2, 0.25) is 0 Å². The van der Waals surface area contributed by atoms with Gasteiger partial charge in [0.25, 0.3) is 0 Å². The maximum Gasteiger partial charge on any atom is 0.338 e. The van der Waals surface area contributed by atoms with Crippen LogP contribution in [0.15, 0.2) is 42.0 Å². The number of hydrogen-bond donors (Lipinski definition) is 1. The highest BCUT2D eigenvalue weighted by Gasteiger charge is 2.09. The largest absolute Gasteiger partial charge is 0.478 e. The molecule has 3 aromatic rings. The monoisotopic (exact) mass is 303 g/mol. The summed E-state index contributed by atoms with van der Waals surface area (Å²) >= 11 is 1.42. The minimum Gasteiger partial charge on any atom is -0.478 e. The van der Waals surface area contributed by atoms with E-state index in [4.69, 9.17) is 5.11 Å². The normalized spacial score (nSPS) is 10.7. The molecule has 0 aliphatic rings. The second-order valence-corrected chi connectivity index (χ2v) is 5.31. The van der Waals surface area contributed by atoms with Gasteiger partial charge in [0.1, 0.15) is 10.8 Å². The molecule has 0 spiro atoms. The van der Waals surface area contributed by atoms with E-state index in [2.05, 4.69) is 10.1 Å². The van der Waals surface area contributed by atoms with Crippen molar-refractivity contribution < 1.29 is 14.3 Å². The minimum atomic E-state index is -1.01. The van der Waals surface area contributed by atoms with Crippen molar-refractivity contribution in [3.8, 4) is 11.3 Å². The van der Waals surface area contributed by atoms with Crippen molar-refractivity contribution in [1.29, 1.82) is 0 Å². The van der Waals surface area contributed by atoms with E-state index >= 15 is 0 Å². The van der Waals surface area contributed by atoms with Gasteiger partial charge in [-0.25, -0.2) is 14.2 Å². The summed E-state index contributed by atoms with van der Waals surface area (Å²) in [4.78, 5) is 15.2. The number of halogens is 1. The molecule has 1 N–H and O–H groups in total. The van der Waals surface area contributed by atoms with Crippen LogP contribution in [0.3, 0.4) is 0 Å². The van der Waals surface area contributed by atoms with E-state index in [0.717, 1.165) is 5.01 Å². The lowest BCUT2D eigenvalue weighted by Crippen LogP contribution is -2.00. The first-order chi connectivity index (χ1) is 10.1. The van der Waals surface area contributed by atoms with Crippen LogP contribution < -0.4 is 0 Å². The lowest BCUT2D eigenvalue weighted by atomic mass is 10.2. The molecule has 0 radical (unpaired) electrons. The van der Waals surface area contributed by atoms with E-state index in [0.29, 0.717) is 17.8 Å². The summed E-state index contributed by atoms with van der Waals surface area (Å²) in [6, 6.07) is 6.23. The zero-order chi connectivity index (χ0) is 14.8. The van der Waals surface area contributed by atoms with Gasteiger partial charge in [0, 0.05) is 17.1 Å². The van der Waals surface area contributed by atoms with Gasteiger partial charge in [0.2, 0.25) is 0 Å². The third-order valence-corrected chi connectivity index (χ3v) is 3.68. The van der Waals surface area contributed by atoms with E-state index in [1.165, 1.54) is 40.5 Å². The third-order valence-electron chi connectivity index (χ3n) is 2.85. The van der Waals surface area contributed by atoms with Crippen LogP contribution >= 0.6 is 11.3 Å². The molecule has 0 aliphatic carbocycles. The molecule has 0 saturated carbocycles. The van der Waals surface area contributed by atoms with E-state index < -0.39 is 5.97 Å². The highest BCUT2D eigenvalue weighted by atomic mass is 32.1. The fourth-order valence-electron chi connectivity index (χ4n) is 1.86. The van der Waals surface area contributed by atoms with Crippen molar-refractivity contribution in [1.82, 2.24) is 14.8 Å². The molecule has 0 fully saturated rings. The molecule has 2 heterocycles. The van der Waals surface area contributed by atoms with E-state index in [1.54, 1.807) is 12.1 Å². The van der Waals surface area contributed by atoms with Crippen molar-refractivity contribution in [3.63, 3.8) is 0 Å². The molecule has 0 unspecified atom stereocenters. The van der Waals surface area contributed by atoms with Crippen molar-refractivity contribution in [2.45, 2.75) is 6.54 Å². The summed E-state index contributed by atoms with van der Waals surface area (Å²) in [5.74, 6) is -1.32. The Morgan fingerprint density at radius 3 is 3.00 bits per heavy atom. The number of nitrogens with zero attached hydrogens (tertiary/aromatic N) is 3. The Kier molecular flexibility index (Phi) is 3.49. The zero-order valence-electron chi connectivity index (χ0n) is 10.7. The molecule has 0 aliphatic heterocycles. The second kappa shape index (κ2) is 5.45. The predicted octanol–water partition coefficient (Wildman–Crippen LogP) is 2.89. The summed E-state index contributed by atoms with van der Waals surface area (Å²) in [6.45, 7) is 0.382. The lowest BCUT2D eigenvalue weighted by Gasteiger charge is -1.97. The molecule has 7 heteroatoms. The molecule has 0 saturated heterocycles. The first-order valence-electron chi connectivity index (χ1n) is 6.08. The summed E-state index contributed by atoms with van der Waals surface area (Å²) in [6.07, 6.45) is 2.75. The Hall–Kier alpha value is -2.54. The molecule has 5 nitrogen and oxygen atoms in total. The van der Waals surface area contributed by atoms with Crippen molar-refractivity contribution in [2.75, 3.05) is 0 Å². The van der Waals surface area contributed by atoms with Crippen LogP contribution in [0.25, 0.3) is 11.3 Å². The fourth-order valence-corrected chi connectivity index (χ4v) is 2.66. The smallest absolute Gasteiger partial charge is 0.338 e. The van der Waals surface area contributed by atoms with Gasteiger partial charge < -0.3 is 5.11 Å². The van der Waals surface area contributed by atoms with Gasteiger partial charge in [-0.05, 0) is 12.1 Å². The minimum absolute atomic E-state index is 0.136. The summed E-state index contributed by atoms with van der Waals surface area (Å²) < 4.78 is 14.7. The molecule has 3 rings (SSSR count). The molecule has 0 atom stereocenters. The Bertz CT molecular complexity index is 797. The lowest BCUT2D eigenvalue weighted by molar-refractivity contribution is 0.0697. The number of benzene rings is 1. The number of hydrogen-bond acceptors (Lipinski definition) is 4. The van der Waals surface area contributed by atoms with Gasteiger partial charge >= 0.3 is 5.97 Å². The molecule has 2 aromatic heterocycles. The third kappa shape index (κ3) is 2.97. The molecule has 106 valence electrons. The Morgan fingerprint density at radius 1 is 1.43 bits per heavy atom. The number of rotatable bonds is 4. The standard InChI is InChI=1S/C14H10FN3O2S/c15-11-3-1-2-9(4-11)12-8-21-13(17-12)7-18-6-10(5-16-18)14(19)20/h1-6,8H,7H2,(H,19,20). The van der Waals surface area contributed by atoms with Crippen LogP contribution in [0.4, 0.5) is 4.39 Å². The van der Waals surface area contributed by atoms with E-state index in [-0.39, 0.29) is 11.4 Å². The summed E-state index contributed by atoms with van der Waals surface area (Å²) in [5, 5.41) is 15.4. The zero-order valence-corrected chi connectivity index (χ0v) is 11.5. The number of carboxylic acid groups (broad SMARTS) is 1. The van der Waals surface area contributed by atoms with Gasteiger partial charge in [0.15, 0.2) is 0 Å². The maximum atomic E-state index is 13.2. The average molecular weight is 303 g/mol. The van der Waals surface area contributed by atoms with Gasteiger partial charge in [-0.15, -0.1) is 11.3 Å². The molecular weight excluding hydrogens is 293 g/mol. The van der Waals surface area contributed by atoms with Crippen LogP contribution in [-0.2, 0) is 6.54 Å². The quantitative estimate of drug-likeness (QED) is 0.804. The van der Waals surface area contributed by atoms with Gasteiger partial charge in [-0.1, -0.05) is 12.1 Å². The molecule has 21 heavy (non-hydrogen) atoms. The maximum absolute atomic E-state index is 13.2. The van der Waals surface area contributed by atoms with Crippen molar-refractivity contribution in [3.05, 3.63) is 58.4 Å².